The van der Waals surface area contributed by atoms with Crippen LogP contribution in [0.1, 0.15) is 18.4 Å². The van der Waals surface area contributed by atoms with Gasteiger partial charge in [0, 0.05) is 18.7 Å². The minimum Gasteiger partial charge on any atom is -0.374 e. The van der Waals surface area contributed by atoms with Gasteiger partial charge in [0.2, 0.25) is 11.8 Å². The molecule has 1 aromatic carbocycles. The molecule has 1 fully saturated rings. The molecule has 2 amide bonds. The van der Waals surface area contributed by atoms with E-state index in [4.69, 9.17) is 5.73 Å². The number of piperidine rings is 1. The van der Waals surface area contributed by atoms with Crippen molar-refractivity contribution in [3.63, 3.8) is 0 Å². The predicted octanol–water partition coefficient (Wildman–Crippen LogP) is 0.362. The summed E-state index contributed by atoms with van der Waals surface area (Å²) in [6.07, 6.45) is 0.900. The van der Waals surface area contributed by atoms with E-state index in [1.165, 1.54) is 0 Å². The van der Waals surface area contributed by atoms with Crippen molar-refractivity contribution in [3.8, 4) is 0 Å². The fourth-order valence-electron chi connectivity index (χ4n) is 1.82. The van der Waals surface area contributed by atoms with Gasteiger partial charge in [-0.2, -0.15) is 0 Å². The summed E-state index contributed by atoms with van der Waals surface area (Å²) >= 11 is 0. The average Bonchev–Trinajstić information content (AvgIpc) is 2.33. The van der Waals surface area contributed by atoms with E-state index < -0.39 is 0 Å². The zero-order valence-electron chi connectivity index (χ0n) is 9.40. The molecule has 1 unspecified atom stereocenters. The molecule has 17 heavy (non-hydrogen) atoms. The van der Waals surface area contributed by atoms with E-state index in [9.17, 15) is 9.59 Å². The Morgan fingerprint density at radius 1 is 1.41 bits per heavy atom. The first kappa shape index (κ1) is 11.6. The van der Waals surface area contributed by atoms with E-state index in [1.807, 2.05) is 24.3 Å². The predicted molar refractivity (Wildman–Crippen MR) is 64.1 cm³/mol. The maximum Gasteiger partial charge on any atom is 0.249 e. The Bertz CT molecular complexity index is 445. The van der Waals surface area contributed by atoms with Crippen molar-refractivity contribution < 1.29 is 9.59 Å². The van der Waals surface area contributed by atoms with Gasteiger partial charge in [0.05, 0.1) is 0 Å². The van der Waals surface area contributed by atoms with E-state index >= 15 is 0 Å². The molecule has 5 nitrogen and oxygen atoms in total. The van der Waals surface area contributed by atoms with E-state index in [0.29, 0.717) is 19.4 Å². The van der Waals surface area contributed by atoms with Crippen molar-refractivity contribution in [3.05, 3.63) is 29.8 Å². The Morgan fingerprint density at radius 3 is 2.94 bits per heavy atom. The second-order valence-electron chi connectivity index (χ2n) is 4.05. The van der Waals surface area contributed by atoms with Crippen LogP contribution in [0.5, 0.6) is 0 Å². The number of rotatable bonds is 3. The molecular weight excluding hydrogens is 218 g/mol. The SMILES string of the molecule is NCc1cccc(NC2CCC(=O)NC2=O)c1. The molecule has 1 aliphatic heterocycles. The highest BCUT2D eigenvalue weighted by molar-refractivity contribution is 6.01. The van der Waals surface area contributed by atoms with Gasteiger partial charge in [-0.25, -0.2) is 0 Å². The maximum atomic E-state index is 11.5. The molecule has 0 radical (unpaired) electrons. The lowest BCUT2D eigenvalue weighted by molar-refractivity contribution is -0.133. The third kappa shape index (κ3) is 2.82. The van der Waals surface area contributed by atoms with Crippen LogP contribution in [-0.2, 0) is 16.1 Å². The fourth-order valence-corrected chi connectivity index (χ4v) is 1.82. The van der Waals surface area contributed by atoms with Crippen LogP contribution in [0.2, 0.25) is 0 Å². The number of hydrogen-bond acceptors (Lipinski definition) is 4. The molecule has 1 aliphatic rings. The number of carbonyl (C=O) groups is 2. The maximum absolute atomic E-state index is 11.5. The van der Waals surface area contributed by atoms with Gasteiger partial charge in [0.15, 0.2) is 0 Å². The number of nitrogens with one attached hydrogen (secondary N) is 2. The molecule has 90 valence electrons. The topological polar surface area (TPSA) is 84.2 Å². The van der Waals surface area contributed by atoms with E-state index in [2.05, 4.69) is 10.6 Å². The largest absolute Gasteiger partial charge is 0.374 e. The number of nitrogens with two attached hydrogens (primary N) is 1. The number of anilines is 1. The van der Waals surface area contributed by atoms with Crippen molar-refractivity contribution in [2.45, 2.75) is 25.4 Å². The summed E-state index contributed by atoms with van der Waals surface area (Å²) in [6, 6.07) is 7.25. The van der Waals surface area contributed by atoms with Crippen molar-refractivity contribution in [1.82, 2.24) is 5.32 Å². The zero-order chi connectivity index (χ0) is 12.3. The second kappa shape index (κ2) is 4.97. The van der Waals surface area contributed by atoms with Crippen LogP contribution in [0.4, 0.5) is 5.69 Å². The first-order chi connectivity index (χ1) is 8.19. The van der Waals surface area contributed by atoms with Crippen LogP contribution >= 0.6 is 0 Å². The van der Waals surface area contributed by atoms with Crippen LogP contribution in [0.3, 0.4) is 0 Å². The van der Waals surface area contributed by atoms with Crippen LogP contribution in [0, 0.1) is 0 Å². The first-order valence-corrected chi connectivity index (χ1v) is 5.58. The average molecular weight is 233 g/mol. The lowest BCUT2D eigenvalue weighted by Crippen LogP contribution is -2.47. The summed E-state index contributed by atoms with van der Waals surface area (Å²) in [7, 11) is 0. The van der Waals surface area contributed by atoms with Crippen LogP contribution in [0.15, 0.2) is 24.3 Å². The smallest absolute Gasteiger partial charge is 0.249 e. The summed E-state index contributed by atoms with van der Waals surface area (Å²) in [6.45, 7) is 0.463. The third-order valence-electron chi connectivity index (χ3n) is 2.74. The highest BCUT2D eigenvalue weighted by Crippen LogP contribution is 2.15. The van der Waals surface area contributed by atoms with Gasteiger partial charge in [0.25, 0.3) is 0 Å². The van der Waals surface area contributed by atoms with E-state index in [1.54, 1.807) is 0 Å². The molecule has 0 saturated carbocycles. The molecular formula is C12H15N3O2. The molecule has 0 aromatic heterocycles. The molecule has 5 heteroatoms. The third-order valence-corrected chi connectivity index (χ3v) is 2.74. The lowest BCUT2D eigenvalue weighted by Gasteiger charge is -2.22. The minimum absolute atomic E-state index is 0.205. The van der Waals surface area contributed by atoms with Crippen LogP contribution in [-0.4, -0.2) is 17.9 Å². The second-order valence-corrected chi connectivity index (χ2v) is 4.05. The minimum atomic E-state index is -0.347. The van der Waals surface area contributed by atoms with Gasteiger partial charge in [0.1, 0.15) is 6.04 Å². The highest BCUT2D eigenvalue weighted by atomic mass is 16.2. The first-order valence-electron chi connectivity index (χ1n) is 5.58. The highest BCUT2D eigenvalue weighted by Gasteiger charge is 2.26. The fraction of sp³-hybridized carbons (Fsp3) is 0.333. The molecule has 1 aromatic rings. The van der Waals surface area contributed by atoms with Crippen molar-refractivity contribution >= 4 is 17.5 Å². The summed E-state index contributed by atoms with van der Waals surface area (Å²) in [5.41, 5.74) is 7.40. The van der Waals surface area contributed by atoms with Gasteiger partial charge in [-0.15, -0.1) is 0 Å². The molecule has 0 aliphatic carbocycles. The van der Waals surface area contributed by atoms with Crippen molar-refractivity contribution in [2.75, 3.05) is 5.32 Å². The molecule has 1 heterocycles. The number of imide groups is 1. The summed E-state index contributed by atoms with van der Waals surface area (Å²) in [5.74, 6) is -0.469. The van der Waals surface area contributed by atoms with Crippen LogP contribution < -0.4 is 16.4 Å². The van der Waals surface area contributed by atoms with Gasteiger partial charge in [-0.05, 0) is 24.1 Å². The summed E-state index contributed by atoms with van der Waals surface area (Å²) in [5, 5.41) is 5.42. The zero-order valence-corrected chi connectivity index (χ0v) is 9.40. The molecule has 0 bridgehead atoms. The Hall–Kier alpha value is -1.88. The molecule has 0 spiro atoms. The number of hydrogen-bond donors (Lipinski definition) is 3. The number of carbonyl (C=O) groups excluding carboxylic acids is 2. The monoisotopic (exact) mass is 233 g/mol. The lowest BCUT2D eigenvalue weighted by atomic mass is 10.1. The van der Waals surface area contributed by atoms with Gasteiger partial charge >= 0.3 is 0 Å². The Balaban J connectivity index is 2.05. The quantitative estimate of drug-likeness (QED) is 0.658. The van der Waals surface area contributed by atoms with Crippen molar-refractivity contribution in [2.24, 2.45) is 5.73 Å². The molecule has 4 N–H and O–H groups in total. The van der Waals surface area contributed by atoms with Crippen LogP contribution in [0.25, 0.3) is 0 Å². The Labute approximate surface area is 99.4 Å². The standard InChI is InChI=1S/C12H15N3O2/c13-7-8-2-1-3-9(6-8)14-10-4-5-11(16)15-12(10)17/h1-3,6,10,14H,4-5,7,13H2,(H,15,16,17). The summed E-state index contributed by atoms with van der Waals surface area (Å²) in [4.78, 5) is 22.5. The molecule has 1 atom stereocenters. The van der Waals surface area contributed by atoms with E-state index in [-0.39, 0.29) is 17.9 Å². The number of amides is 2. The van der Waals surface area contributed by atoms with Gasteiger partial charge in [-0.3, -0.25) is 14.9 Å². The van der Waals surface area contributed by atoms with Crippen molar-refractivity contribution in [1.29, 1.82) is 0 Å². The molecule has 2 rings (SSSR count). The van der Waals surface area contributed by atoms with Gasteiger partial charge < -0.3 is 11.1 Å². The Morgan fingerprint density at radius 2 is 2.24 bits per heavy atom. The van der Waals surface area contributed by atoms with E-state index in [0.717, 1.165) is 11.3 Å². The van der Waals surface area contributed by atoms with Gasteiger partial charge in [-0.1, -0.05) is 12.1 Å². The normalized spacial score (nSPS) is 19.9. The summed E-state index contributed by atoms with van der Waals surface area (Å²) < 4.78 is 0. The Kier molecular flexibility index (Phi) is 3.39. The molecule has 1 saturated heterocycles. The number of benzene rings is 1.